The third-order valence-electron chi connectivity index (χ3n) is 3.79. The molecule has 0 aromatic heterocycles. The van der Waals surface area contributed by atoms with Gasteiger partial charge >= 0.3 is 0 Å². The summed E-state index contributed by atoms with van der Waals surface area (Å²) in [7, 11) is 0. The van der Waals surface area contributed by atoms with Gasteiger partial charge in [0.05, 0.1) is 11.4 Å². The van der Waals surface area contributed by atoms with Crippen molar-refractivity contribution >= 4 is 33.2 Å². The quantitative estimate of drug-likeness (QED) is 0.810. The molecule has 19 heavy (non-hydrogen) atoms. The van der Waals surface area contributed by atoms with Crippen LogP contribution in [-0.2, 0) is 4.79 Å². The highest BCUT2D eigenvalue weighted by Gasteiger charge is 2.15. The van der Waals surface area contributed by atoms with E-state index in [4.69, 9.17) is 5.73 Å². The summed E-state index contributed by atoms with van der Waals surface area (Å²) >= 11 is 3.35. The Morgan fingerprint density at radius 2 is 2.05 bits per heavy atom. The highest BCUT2D eigenvalue weighted by molar-refractivity contribution is 9.10. The number of nitrogen functional groups attached to an aromatic ring is 1. The Kier molecular flexibility index (Phi) is 5.25. The Balaban J connectivity index is 1.80. The molecule has 0 spiro atoms. The van der Waals surface area contributed by atoms with E-state index < -0.39 is 0 Å². The zero-order chi connectivity index (χ0) is 13.7. The van der Waals surface area contributed by atoms with E-state index in [0.717, 1.165) is 16.8 Å². The Hall–Kier alpha value is -1.03. The first-order chi connectivity index (χ1) is 9.15. The molecule has 1 saturated carbocycles. The summed E-state index contributed by atoms with van der Waals surface area (Å²) in [6.07, 6.45) is 8.18. The van der Waals surface area contributed by atoms with Crippen molar-refractivity contribution in [2.75, 3.05) is 11.1 Å². The molecular weight excluding hydrogens is 304 g/mol. The third kappa shape index (κ3) is 4.53. The highest BCUT2D eigenvalue weighted by atomic mass is 79.9. The Morgan fingerprint density at radius 1 is 1.32 bits per heavy atom. The zero-order valence-electron chi connectivity index (χ0n) is 11.1. The van der Waals surface area contributed by atoms with Gasteiger partial charge < -0.3 is 11.1 Å². The molecule has 1 aromatic rings. The minimum absolute atomic E-state index is 0.0691. The first kappa shape index (κ1) is 14.4. The smallest absolute Gasteiger partial charge is 0.224 e. The molecular formula is C15H21BrN2O. The normalized spacial score (nSPS) is 16.3. The Bertz CT molecular complexity index is 442. The first-order valence-electron chi connectivity index (χ1n) is 7.00. The lowest BCUT2D eigenvalue weighted by atomic mass is 9.86. The van der Waals surface area contributed by atoms with Crippen molar-refractivity contribution < 1.29 is 4.79 Å². The number of hydrogen-bond acceptors (Lipinski definition) is 2. The van der Waals surface area contributed by atoms with E-state index in [0.29, 0.717) is 17.8 Å². The maximum absolute atomic E-state index is 11.9. The third-order valence-corrected chi connectivity index (χ3v) is 4.29. The minimum Gasteiger partial charge on any atom is -0.397 e. The lowest BCUT2D eigenvalue weighted by molar-refractivity contribution is -0.116. The maximum atomic E-state index is 11.9. The lowest BCUT2D eigenvalue weighted by Gasteiger charge is -2.21. The molecule has 1 amide bonds. The number of nitrogens with two attached hydrogens (primary N) is 1. The molecule has 2 rings (SSSR count). The van der Waals surface area contributed by atoms with Crippen LogP contribution >= 0.6 is 15.9 Å². The number of amides is 1. The average molecular weight is 325 g/mol. The summed E-state index contributed by atoms with van der Waals surface area (Å²) in [4.78, 5) is 11.9. The number of benzene rings is 1. The van der Waals surface area contributed by atoms with Gasteiger partial charge in [0.1, 0.15) is 0 Å². The number of nitrogens with one attached hydrogen (secondary N) is 1. The van der Waals surface area contributed by atoms with Gasteiger partial charge in [-0.05, 0) is 30.5 Å². The monoisotopic (exact) mass is 324 g/mol. The molecule has 0 atom stereocenters. The second-order valence-corrected chi connectivity index (χ2v) is 6.24. The predicted molar refractivity (Wildman–Crippen MR) is 83.0 cm³/mol. The fourth-order valence-corrected chi connectivity index (χ4v) is 3.05. The number of halogens is 1. The summed E-state index contributed by atoms with van der Waals surface area (Å²) in [6.45, 7) is 0. The number of carbonyl (C=O) groups is 1. The van der Waals surface area contributed by atoms with Crippen LogP contribution in [0, 0.1) is 5.92 Å². The molecule has 0 bridgehead atoms. The second kappa shape index (κ2) is 6.94. The van der Waals surface area contributed by atoms with E-state index in [1.165, 1.54) is 32.1 Å². The zero-order valence-corrected chi connectivity index (χ0v) is 12.7. The topological polar surface area (TPSA) is 55.1 Å². The summed E-state index contributed by atoms with van der Waals surface area (Å²) in [5, 5.41) is 2.89. The van der Waals surface area contributed by atoms with Crippen LogP contribution in [0.25, 0.3) is 0 Å². The first-order valence-corrected chi connectivity index (χ1v) is 7.79. The van der Waals surface area contributed by atoms with Crippen molar-refractivity contribution in [3.05, 3.63) is 22.7 Å². The summed E-state index contributed by atoms with van der Waals surface area (Å²) in [5.41, 5.74) is 7.17. The van der Waals surface area contributed by atoms with Gasteiger partial charge in [-0.3, -0.25) is 4.79 Å². The Morgan fingerprint density at radius 3 is 2.74 bits per heavy atom. The molecule has 104 valence electrons. The highest BCUT2D eigenvalue weighted by Crippen LogP contribution is 2.28. The average Bonchev–Trinajstić information content (AvgIpc) is 2.41. The van der Waals surface area contributed by atoms with Gasteiger partial charge in [0.25, 0.3) is 0 Å². The standard InChI is InChI=1S/C15H21BrN2O/c16-12-7-8-14(13(17)10-12)18-15(19)9-6-11-4-2-1-3-5-11/h7-8,10-11H,1-6,9,17H2,(H,18,19). The molecule has 1 aliphatic rings. The second-order valence-electron chi connectivity index (χ2n) is 5.32. The fourth-order valence-electron chi connectivity index (χ4n) is 2.67. The van der Waals surface area contributed by atoms with Crippen LogP contribution in [0.3, 0.4) is 0 Å². The van der Waals surface area contributed by atoms with E-state index in [2.05, 4.69) is 21.2 Å². The van der Waals surface area contributed by atoms with E-state index >= 15 is 0 Å². The van der Waals surface area contributed by atoms with Crippen LogP contribution in [0.15, 0.2) is 22.7 Å². The van der Waals surface area contributed by atoms with Crippen LogP contribution in [0.4, 0.5) is 11.4 Å². The van der Waals surface area contributed by atoms with Crippen molar-refractivity contribution in [1.82, 2.24) is 0 Å². The van der Waals surface area contributed by atoms with E-state index in [9.17, 15) is 4.79 Å². The van der Waals surface area contributed by atoms with Crippen LogP contribution < -0.4 is 11.1 Å². The van der Waals surface area contributed by atoms with Crippen molar-refractivity contribution in [3.63, 3.8) is 0 Å². The van der Waals surface area contributed by atoms with Gasteiger partial charge in [0.2, 0.25) is 5.91 Å². The molecule has 0 radical (unpaired) electrons. The van der Waals surface area contributed by atoms with Crippen molar-refractivity contribution in [2.24, 2.45) is 5.92 Å². The van der Waals surface area contributed by atoms with Crippen LogP contribution in [0.1, 0.15) is 44.9 Å². The molecule has 3 nitrogen and oxygen atoms in total. The molecule has 3 N–H and O–H groups in total. The predicted octanol–water partition coefficient (Wildman–Crippen LogP) is 4.33. The van der Waals surface area contributed by atoms with Crippen LogP contribution in [-0.4, -0.2) is 5.91 Å². The van der Waals surface area contributed by atoms with Gasteiger partial charge in [-0.25, -0.2) is 0 Å². The van der Waals surface area contributed by atoms with Gasteiger partial charge in [-0.1, -0.05) is 48.0 Å². The molecule has 0 aliphatic heterocycles. The molecule has 1 aromatic carbocycles. The van der Waals surface area contributed by atoms with E-state index in [-0.39, 0.29) is 5.91 Å². The van der Waals surface area contributed by atoms with Crippen LogP contribution in [0.5, 0.6) is 0 Å². The SMILES string of the molecule is Nc1cc(Br)ccc1NC(=O)CCC1CCCCC1. The van der Waals surface area contributed by atoms with Crippen molar-refractivity contribution in [3.8, 4) is 0 Å². The van der Waals surface area contributed by atoms with Gasteiger partial charge in [-0.2, -0.15) is 0 Å². The summed E-state index contributed by atoms with van der Waals surface area (Å²) in [6, 6.07) is 5.52. The fraction of sp³-hybridized carbons (Fsp3) is 0.533. The molecule has 0 unspecified atom stereocenters. The number of rotatable bonds is 4. The molecule has 4 heteroatoms. The molecule has 1 aliphatic carbocycles. The molecule has 0 heterocycles. The van der Waals surface area contributed by atoms with Gasteiger partial charge in [-0.15, -0.1) is 0 Å². The number of anilines is 2. The minimum atomic E-state index is 0.0691. The Labute approximate surface area is 123 Å². The van der Waals surface area contributed by atoms with E-state index in [1.807, 2.05) is 12.1 Å². The van der Waals surface area contributed by atoms with Crippen molar-refractivity contribution in [2.45, 2.75) is 44.9 Å². The van der Waals surface area contributed by atoms with E-state index in [1.54, 1.807) is 6.07 Å². The summed E-state index contributed by atoms with van der Waals surface area (Å²) in [5.74, 6) is 0.807. The summed E-state index contributed by atoms with van der Waals surface area (Å²) < 4.78 is 0.921. The molecule has 1 fully saturated rings. The van der Waals surface area contributed by atoms with Gasteiger partial charge in [0.15, 0.2) is 0 Å². The number of hydrogen-bond donors (Lipinski definition) is 2. The van der Waals surface area contributed by atoms with Crippen molar-refractivity contribution in [1.29, 1.82) is 0 Å². The lowest BCUT2D eigenvalue weighted by Crippen LogP contribution is -2.15. The molecule has 0 saturated heterocycles. The largest absolute Gasteiger partial charge is 0.397 e. The maximum Gasteiger partial charge on any atom is 0.224 e. The number of carbonyl (C=O) groups excluding carboxylic acids is 1. The van der Waals surface area contributed by atoms with Crippen LogP contribution in [0.2, 0.25) is 0 Å². The van der Waals surface area contributed by atoms with Gasteiger partial charge in [0, 0.05) is 10.9 Å².